The molecule has 0 aromatic heterocycles. The van der Waals surface area contributed by atoms with Crippen LogP contribution in [0.2, 0.25) is 0 Å². The van der Waals surface area contributed by atoms with E-state index in [4.69, 9.17) is 4.74 Å². The first kappa shape index (κ1) is 35.9. The Morgan fingerprint density at radius 3 is 2.56 bits per heavy atom. The number of benzene rings is 1. The van der Waals surface area contributed by atoms with Crippen molar-refractivity contribution >= 4 is 51.6 Å². The molecule has 0 spiro atoms. The Labute approximate surface area is 303 Å². The summed E-state index contributed by atoms with van der Waals surface area (Å²) in [7, 11) is -3.90. The van der Waals surface area contributed by atoms with Crippen LogP contribution in [0.15, 0.2) is 41.5 Å². The Kier molecular flexibility index (Phi) is 9.32. The van der Waals surface area contributed by atoms with Gasteiger partial charge in [0.25, 0.3) is 11.8 Å². The number of allylic oxidation sites excluding steroid dienone is 1. The van der Waals surface area contributed by atoms with Crippen molar-refractivity contribution in [1.82, 2.24) is 25.3 Å². The number of ether oxygens (including phenoxy) is 1. The lowest BCUT2D eigenvalue weighted by atomic mass is 9.94. The quantitative estimate of drug-likeness (QED) is 0.328. The molecule has 1 saturated heterocycles. The molecule has 16 heteroatoms. The van der Waals surface area contributed by atoms with Gasteiger partial charge in [-0.3, -0.25) is 23.9 Å². The zero-order chi connectivity index (χ0) is 37.0. The third-order valence-corrected chi connectivity index (χ3v) is 12.5. The lowest BCUT2D eigenvalue weighted by Crippen LogP contribution is -2.58. The van der Waals surface area contributed by atoms with Gasteiger partial charge in [0.1, 0.15) is 29.3 Å². The number of alkyl carbamates (subject to hydrolysis) is 1. The van der Waals surface area contributed by atoms with Crippen LogP contribution in [0, 0.1) is 5.92 Å². The summed E-state index contributed by atoms with van der Waals surface area (Å²) < 4.78 is 33.3. The van der Waals surface area contributed by atoms with Gasteiger partial charge in [-0.1, -0.05) is 43.2 Å². The summed E-state index contributed by atoms with van der Waals surface area (Å²) in [6.07, 6.45) is 8.94. The van der Waals surface area contributed by atoms with Crippen LogP contribution in [0.3, 0.4) is 0 Å². The van der Waals surface area contributed by atoms with Crippen molar-refractivity contribution in [2.45, 2.75) is 125 Å². The molecule has 2 saturated carbocycles. The average Bonchev–Trinajstić information content (AvgIpc) is 3.97. The minimum Gasteiger partial charge on any atom is -0.444 e. The van der Waals surface area contributed by atoms with E-state index in [0.717, 1.165) is 24.1 Å². The van der Waals surface area contributed by atoms with E-state index in [2.05, 4.69) is 25.8 Å². The topological polar surface area (TPSA) is 196 Å². The van der Waals surface area contributed by atoms with Gasteiger partial charge in [-0.15, -0.1) is 0 Å². The number of nitrogens with one attached hydrogen (secondary N) is 4. The number of hydrogen-bond donors (Lipinski definition) is 4. The van der Waals surface area contributed by atoms with Gasteiger partial charge in [-0.05, 0) is 70.9 Å². The van der Waals surface area contributed by atoms with Gasteiger partial charge in [-0.25, -0.2) is 18.2 Å². The molecule has 4 aliphatic heterocycles. The zero-order valence-electron chi connectivity index (χ0n) is 29.7. The molecule has 5 amide bonds. The van der Waals surface area contributed by atoms with E-state index in [1.807, 2.05) is 36.4 Å². The molecule has 0 radical (unpaired) electrons. The number of carbonyl (C=O) groups is 5. The average molecular weight is 738 g/mol. The molecule has 280 valence electrons. The number of hydrogen-bond acceptors (Lipinski definition) is 10. The molecule has 15 nitrogen and oxygen atoms in total. The van der Waals surface area contributed by atoms with Gasteiger partial charge < -0.3 is 25.6 Å². The predicted octanol–water partition coefficient (Wildman–Crippen LogP) is 2.26. The van der Waals surface area contributed by atoms with Crippen molar-refractivity contribution in [3.05, 3.63) is 42.0 Å². The highest BCUT2D eigenvalue weighted by Crippen LogP contribution is 2.46. The fourth-order valence-electron chi connectivity index (χ4n) is 7.76. The molecule has 6 aliphatic rings. The highest BCUT2D eigenvalue weighted by molar-refractivity contribution is 7.91. The second-order valence-corrected chi connectivity index (χ2v) is 17.8. The van der Waals surface area contributed by atoms with Crippen molar-refractivity contribution in [3.63, 3.8) is 0 Å². The molecule has 0 bridgehead atoms. The van der Waals surface area contributed by atoms with E-state index >= 15 is 0 Å². The molecule has 7 atom stereocenters. The first-order chi connectivity index (χ1) is 24.7. The number of rotatable bonds is 5. The van der Waals surface area contributed by atoms with E-state index in [9.17, 15) is 32.4 Å². The van der Waals surface area contributed by atoms with Crippen molar-refractivity contribution in [2.75, 3.05) is 11.9 Å². The lowest BCUT2D eigenvalue weighted by molar-refractivity contribution is -0.141. The second-order valence-electron chi connectivity index (χ2n) is 15.8. The van der Waals surface area contributed by atoms with Gasteiger partial charge in [0.2, 0.25) is 21.8 Å². The van der Waals surface area contributed by atoms with Crippen LogP contribution in [0.1, 0.15) is 90.0 Å². The van der Waals surface area contributed by atoms with Crippen LogP contribution < -0.4 is 20.7 Å². The zero-order valence-corrected chi connectivity index (χ0v) is 30.5. The number of fused-ring (bicyclic) bond motifs is 5. The fourth-order valence-corrected chi connectivity index (χ4v) is 9.12. The number of sulfonamides is 1. The summed E-state index contributed by atoms with van der Waals surface area (Å²) in [6.45, 7) is 5.09. The van der Waals surface area contributed by atoms with Gasteiger partial charge in [0, 0.05) is 30.8 Å². The first-order valence-electron chi connectivity index (χ1n) is 18.2. The Balaban J connectivity index is 1.18. The van der Waals surface area contributed by atoms with Crippen LogP contribution in [0.5, 0.6) is 0 Å². The number of carbonyl (C=O) groups excluding carboxylic acids is 5. The van der Waals surface area contributed by atoms with Gasteiger partial charge in [-0.2, -0.15) is 5.10 Å². The molecule has 4 heterocycles. The van der Waals surface area contributed by atoms with Gasteiger partial charge in [0.15, 0.2) is 0 Å². The van der Waals surface area contributed by atoms with E-state index in [-0.39, 0.29) is 37.6 Å². The molecule has 7 rings (SSSR count). The maximum Gasteiger partial charge on any atom is 0.408 e. The maximum atomic E-state index is 14.5. The molecular weight excluding hydrogens is 691 g/mol. The van der Waals surface area contributed by atoms with E-state index in [1.165, 1.54) is 9.91 Å². The number of para-hydroxylation sites is 1. The molecule has 4 unspecified atom stereocenters. The van der Waals surface area contributed by atoms with Crippen molar-refractivity contribution in [1.29, 1.82) is 0 Å². The van der Waals surface area contributed by atoms with E-state index in [0.29, 0.717) is 25.7 Å². The molecule has 3 fully saturated rings. The van der Waals surface area contributed by atoms with Crippen LogP contribution in [-0.2, 0) is 33.9 Å². The minimum absolute atomic E-state index is 0.00270. The van der Waals surface area contributed by atoms with Crippen LogP contribution in [0.4, 0.5) is 10.5 Å². The Bertz CT molecular complexity index is 1820. The van der Waals surface area contributed by atoms with Crippen LogP contribution >= 0.6 is 0 Å². The largest absolute Gasteiger partial charge is 0.444 e. The Morgan fingerprint density at radius 1 is 1.04 bits per heavy atom. The number of hydrazone groups is 1. The van der Waals surface area contributed by atoms with E-state index < -0.39 is 80.3 Å². The summed E-state index contributed by atoms with van der Waals surface area (Å²) in [5.41, 5.74) is -0.553. The SMILES string of the molecule is CC(C)(C)OC(=O)N[C@H]1CCCCC/C=C\[C@@H]2CC2(C(=O)NS(=O)(=O)C2CC2)NC(=O)[C@@H]2CC(N3N=CC4c5ccccc5NC4C3=O)CN2C1=O. The number of anilines is 1. The molecule has 1 aromatic rings. The van der Waals surface area contributed by atoms with Crippen molar-refractivity contribution in [2.24, 2.45) is 11.0 Å². The highest BCUT2D eigenvalue weighted by atomic mass is 32.2. The van der Waals surface area contributed by atoms with Crippen molar-refractivity contribution < 1.29 is 37.1 Å². The minimum atomic E-state index is -3.90. The molecular formula is C36H47N7O8S. The fraction of sp³-hybridized carbons (Fsp3) is 0.611. The van der Waals surface area contributed by atoms with Crippen LogP contribution in [0.25, 0.3) is 0 Å². The predicted molar refractivity (Wildman–Crippen MR) is 190 cm³/mol. The molecule has 2 aliphatic carbocycles. The number of amides is 5. The number of nitrogens with zero attached hydrogens (tertiary/aromatic N) is 3. The monoisotopic (exact) mass is 737 g/mol. The summed E-state index contributed by atoms with van der Waals surface area (Å²) in [5, 5.41) is 14.1. The third-order valence-electron chi connectivity index (χ3n) is 10.7. The molecule has 52 heavy (non-hydrogen) atoms. The Morgan fingerprint density at radius 2 is 1.81 bits per heavy atom. The van der Waals surface area contributed by atoms with Crippen LogP contribution in [-0.4, -0.2) is 101 Å². The van der Waals surface area contributed by atoms with Crippen molar-refractivity contribution in [3.8, 4) is 0 Å². The third kappa shape index (κ3) is 7.13. The second kappa shape index (κ2) is 13.5. The first-order valence-corrected chi connectivity index (χ1v) is 19.8. The summed E-state index contributed by atoms with van der Waals surface area (Å²) in [5.74, 6) is -3.02. The summed E-state index contributed by atoms with van der Waals surface area (Å²) in [6, 6.07) is 4.11. The van der Waals surface area contributed by atoms with E-state index in [1.54, 1.807) is 27.0 Å². The lowest BCUT2D eigenvalue weighted by Gasteiger charge is -2.32. The Hall–Kier alpha value is -4.47. The summed E-state index contributed by atoms with van der Waals surface area (Å²) >= 11 is 0. The summed E-state index contributed by atoms with van der Waals surface area (Å²) in [4.78, 5) is 70.8. The molecule has 1 aromatic carbocycles. The normalized spacial score (nSPS) is 32.5. The smallest absolute Gasteiger partial charge is 0.408 e. The molecule has 4 N–H and O–H groups in total. The standard InChI is InChI=1S/C36H47N7O8S/c1-35(2,3)51-34(48)39-27-14-8-6-4-5-7-11-21-18-36(21,33(47)41-52(49,50)23-15-16-23)40-30(44)28-17-22(20-42(28)31(27)45)43-32(46)29-25(19-37-43)24-12-9-10-13-26(24)38-29/h7,9-13,19,21-23,25,27-29,38H,4-6,8,14-18,20H2,1-3H3,(H,39,48)(H,40,44)(H,41,47)/b11-7-/t21-,22?,25?,27+,28+,29?,36?/m1/s1. The van der Waals surface area contributed by atoms with Gasteiger partial charge in [0.05, 0.1) is 17.2 Å². The maximum absolute atomic E-state index is 14.5. The van der Waals surface area contributed by atoms with Gasteiger partial charge >= 0.3 is 6.09 Å². The highest BCUT2D eigenvalue weighted by Gasteiger charge is 2.62.